The Morgan fingerprint density at radius 1 is 1.21 bits per heavy atom. The number of thioether (sulfide) groups is 1. The summed E-state index contributed by atoms with van der Waals surface area (Å²) in [7, 11) is 0. The van der Waals surface area contributed by atoms with Crippen molar-refractivity contribution in [1.82, 2.24) is 19.3 Å². The summed E-state index contributed by atoms with van der Waals surface area (Å²) in [5.74, 6) is 3.34. The molecular formula is C12H17N5S2. The fourth-order valence-electron chi connectivity index (χ4n) is 1.53. The van der Waals surface area contributed by atoms with Gasteiger partial charge in [0.25, 0.3) is 0 Å². The third-order valence-corrected chi connectivity index (χ3v) is 4.22. The van der Waals surface area contributed by atoms with Crippen LogP contribution in [0.2, 0.25) is 0 Å². The molecule has 0 fully saturated rings. The lowest BCUT2D eigenvalue weighted by Crippen LogP contribution is -2.04. The second kappa shape index (κ2) is 6.81. The largest absolute Gasteiger partial charge is 0.370 e. The quantitative estimate of drug-likeness (QED) is 0.827. The summed E-state index contributed by atoms with van der Waals surface area (Å²) in [5, 5.41) is 3.21. The van der Waals surface area contributed by atoms with Crippen LogP contribution in [-0.4, -0.2) is 25.9 Å². The molecule has 0 aliphatic rings. The zero-order valence-corrected chi connectivity index (χ0v) is 12.9. The standard InChI is InChI=1S/C12H17N5S2/c1-4-9-16-12(19-17-9)18-7-11-14-8(3)6-10(15-11)13-5-2/h6H,4-5,7H2,1-3H3,(H,13,14,15). The molecule has 2 heterocycles. The van der Waals surface area contributed by atoms with Crippen LogP contribution in [0.15, 0.2) is 10.4 Å². The maximum atomic E-state index is 4.48. The number of hydrogen-bond donors (Lipinski definition) is 1. The van der Waals surface area contributed by atoms with E-state index in [1.165, 1.54) is 11.5 Å². The van der Waals surface area contributed by atoms with Gasteiger partial charge in [0.2, 0.25) is 0 Å². The summed E-state index contributed by atoms with van der Waals surface area (Å²) in [4.78, 5) is 13.3. The lowest BCUT2D eigenvalue weighted by Gasteiger charge is -2.05. The molecule has 2 aromatic heterocycles. The lowest BCUT2D eigenvalue weighted by molar-refractivity contribution is 0.965. The highest BCUT2D eigenvalue weighted by molar-refractivity contribution is 8.00. The third-order valence-electron chi connectivity index (χ3n) is 2.35. The van der Waals surface area contributed by atoms with Gasteiger partial charge in [0, 0.05) is 24.7 Å². The minimum atomic E-state index is 0.721. The molecule has 0 saturated carbocycles. The Morgan fingerprint density at radius 3 is 2.74 bits per heavy atom. The maximum Gasteiger partial charge on any atom is 0.170 e. The molecule has 0 aromatic carbocycles. The number of aryl methyl sites for hydroxylation is 2. The van der Waals surface area contributed by atoms with E-state index in [1.807, 2.05) is 13.0 Å². The Bertz CT molecular complexity index is 541. The van der Waals surface area contributed by atoms with Crippen LogP contribution in [0.4, 0.5) is 5.82 Å². The molecule has 1 N–H and O–H groups in total. The van der Waals surface area contributed by atoms with E-state index in [2.05, 4.69) is 38.5 Å². The molecule has 7 heteroatoms. The molecule has 2 aromatic rings. The van der Waals surface area contributed by atoms with Gasteiger partial charge in [-0.2, -0.15) is 4.37 Å². The van der Waals surface area contributed by atoms with Crippen LogP contribution in [0.1, 0.15) is 31.2 Å². The van der Waals surface area contributed by atoms with Crippen LogP contribution < -0.4 is 5.32 Å². The highest BCUT2D eigenvalue weighted by Gasteiger charge is 2.06. The van der Waals surface area contributed by atoms with Crippen molar-refractivity contribution in [1.29, 1.82) is 0 Å². The predicted octanol–water partition coefficient (Wildman–Crippen LogP) is 2.92. The SMILES string of the molecule is CCNc1cc(C)nc(CSc2nc(CC)ns2)n1. The van der Waals surface area contributed by atoms with E-state index in [4.69, 9.17) is 0 Å². The van der Waals surface area contributed by atoms with Gasteiger partial charge in [0.05, 0.1) is 5.75 Å². The summed E-state index contributed by atoms with van der Waals surface area (Å²) >= 11 is 3.08. The molecule has 0 radical (unpaired) electrons. The average molecular weight is 295 g/mol. The highest BCUT2D eigenvalue weighted by atomic mass is 32.2. The molecule has 0 aliphatic heterocycles. The van der Waals surface area contributed by atoms with Crippen LogP contribution in [0.5, 0.6) is 0 Å². The third kappa shape index (κ3) is 4.14. The first-order valence-corrected chi connectivity index (χ1v) is 8.01. The van der Waals surface area contributed by atoms with Crippen molar-refractivity contribution in [3.05, 3.63) is 23.4 Å². The first-order valence-electron chi connectivity index (χ1n) is 6.25. The van der Waals surface area contributed by atoms with Crippen molar-refractivity contribution in [2.45, 2.75) is 37.3 Å². The summed E-state index contributed by atoms with van der Waals surface area (Å²) in [6.45, 7) is 6.96. The van der Waals surface area contributed by atoms with Crippen LogP contribution in [-0.2, 0) is 12.2 Å². The number of nitrogens with one attached hydrogen (secondary N) is 1. The average Bonchev–Trinajstić information content (AvgIpc) is 2.84. The fourth-order valence-corrected chi connectivity index (χ4v) is 3.08. The Balaban J connectivity index is 2.02. The van der Waals surface area contributed by atoms with Crippen LogP contribution in [0.25, 0.3) is 0 Å². The Morgan fingerprint density at radius 2 is 2.05 bits per heavy atom. The summed E-state index contributed by atoms with van der Waals surface area (Å²) in [6.07, 6.45) is 0.878. The van der Waals surface area contributed by atoms with Gasteiger partial charge >= 0.3 is 0 Å². The van der Waals surface area contributed by atoms with E-state index in [9.17, 15) is 0 Å². The number of rotatable bonds is 6. The second-order valence-electron chi connectivity index (χ2n) is 3.96. The molecule has 102 valence electrons. The van der Waals surface area contributed by atoms with Gasteiger partial charge in [-0.1, -0.05) is 18.7 Å². The van der Waals surface area contributed by atoms with E-state index in [0.29, 0.717) is 0 Å². The fraction of sp³-hybridized carbons (Fsp3) is 0.500. The number of anilines is 1. The molecule has 19 heavy (non-hydrogen) atoms. The minimum Gasteiger partial charge on any atom is -0.370 e. The first-order chi connectivity index (χ1) is 9.21. The monoisotopic (exact) mass is 295 g/mol. The molecular weight excluding hydrogens is 278 g/mol. The van der Waals surface area contributed by atoms with Crippen LogP contribution in [0.3, 0.4) is 0 Å². The molecule has 2 rings (SSSR count). The molecule has 0 bridgehead atoms. The molecule has 0 atom stereocenters. The lowest BCUT2D eigenvalue weighted by atomic mass is 10.4. The van der Waals surface area contributed by atoms with Crippen molar-refractivity contribution in [2.24, 2.45) is 0 Å². The van der Waals surface area contributed by atoms with Crippen molar-refractivity contribution >= 4 is 29.1 Å². The van der Waals surface area contributed by atoms with E-state index in [-0.39, 0.29) is 0 Å². The van der Waals surface area contributed by atoms with Gasteiger partial charge < -0.3 is 5.32 Å². The molecule has 0 spiro atoms. The van der Waals surface area contributed by atoms with Gasteiger partial charge in [-0.3, -0.25) is 0 Å². The van der Waals surface area contributed by atoms with Crippen LogP contribution in [0, 0.1) is 6.92 Å². The van der Waals surface area contributed by atoms with Crippen LogP contribution >= 0.6 is 23.3 Å². The Kier molecular flexibility index (Phi) is 5.09. The van der Waals surface area contributed by atoms with Gasteiger partial charge in [0.15, 0.2) is 4.34 Å². The summed E-state index contributed by atoms with van der Waals surface area (Å²) in [5.41, 5.74) is 0.980. The molecule has 5 nitrogen and oxygen atoms in total. The smallest absolute Gasteiger partial charge is 0.170 e. The van der Waals surface area contributed by atoms with Gasteiger partial charge in [0.1, 0.15) is 17.5 Å². The maximum absolute atomic E-state index is 4.48. The van der Waals surface area contributed by atoms with Crippen molar-refractivity contribution in [2.75, 3.05) is 11.9 Å². The Labute approximate surface area is 121 Å². The normalized spacial score (nSPS) is 10.7. The van der Waals surface area contributed by atoms with E-state index < -0.39 is 0 Å². The van der Waals surface area contributed by atoms with Crippen molar-refractivity contribution in [3.63, 3.8) is 0 Å². The zero-order chi connectivity index (χ0) is 13.7. The zero-order valence-electron chi connectivity index (χ0n) is 11.3. The topological polar surface area (TPSA) is 63.6 Å². The number of nitrogens with zero attached hydrogens (tertiary/aromatic N) is 4. The van der Waals surface area contributed by atoms with E-state index >= 15 is 0 Å². The molecule has 0 saturated heterocycles. The van der Waals surface area contributed by atoms with Gasteiger partial charge in [-0.25, -0.2) is 15.0 Å². The Hall–Kier alpha value is -1.21. The molecule has 0 aliphatic carbocycles. The van der Waals surface area contributed by atoms with Crippen molar-refractivity contribution < 1.29 is 0 Å². The van der Waals surface area contributed by atoms with Crippen molar-refractivity contribution in [3.8, 4) is 0 Å². The van der Waals surface area contributed by atoms with E-state index in [0.717, 1.165) is 46.2 Å². The summed E-state index contributed by atoms with van der Waals surface area (Å²) in [6, 6.07) is 1.96. The summed E-state index contributed by atoms with van der Waals surface area (Å²) < 4.78 is 5.25. The van der Waals surface area contributed by atoms with Gasteiger partial charge in [-0.05, 0) is 25.4 Å². The number of hydrogen-bond acceptors (Lipinski definition) is 7. The van der Waals surface area contributed by atoms with Gasteiger partial charge in [-0.15, -0.1) is 0 Å². The molecule has 0 unspecified atom stereocenters. The number of aromatic nitrogens is 4. The predicted molar refractivity (Wildman–Crippen MR) is 79.8 cm³/mol. The molecule has 0 amide bonds. The second-order valence-corrected chi connectivity index (χ2v) is 5.93. The first kappa shape index (κ1) is 14.2. The minimum absolute atomic E-state index is 0.721. The highest BCUT2D eigenvalue weighted by Crippen LogP contribution is 2.23. The van der Waals surface area contributed by atoms with E-state index in [1.54, 1.807) is 11.8 Å².